The minimum Gasteiger partial charge on any atom is -0.321 e. The lowest BCUT2D eigenvalue weighted by molar-refractivity contribution is -0.139. The summed E-state index contributed by atoms with van der Waals surface area (Å²) in [5.41, 5.74) is 0.00750. The van der Waals surface area contributed by atoms with E-state index in [-0.39, 0.29) is 36.0 Å². The van der Waals surface area contributed by atoms with Crippen molar-refractivity contribution in [3.8, 4) is 6.07 Å². The fraction of sp³-hybridized carbons (Fsp3) is 0.400. The molecule has 5 nitrogen and oxygen atoms in total. The van der Waals surface area contributed by atoms with Gasteiger partial charge in [-0.05, 0) is 67.5 Å². The quantitative estimate of drug-likeness (QED) is 0.321. The van der Waals surface area contributed by atoms with Gasteiger partial charge in [0.25, 0.3) is 0 Å². The summed E-state index contributed by atoms with van der Waals surface area (Å²) in [6, 6.07) is 11.2. The number of halogens is 4. The highest BCUT2D eigenvalue weighted by atomic mass is 19.4. The third-order valence-electron chi connectivity index (χ3n) is 6.98. The van der Waals surface area contributed by atoms with Crippen LogP contribution in [0.25, 0.3) is 0 Å². The van der Waals surface area contributed by atoms with Crippen molar-refractivity contribution in [2.75, 3.05) is 11.9 Å². The number of aldehydes is 1. The molecule has 34 heavy (non-hydrogen) atoms. The molecule has 178 valence electrons. The Labute approximate surface area is 194 Å². The van der Waals surface area contributed by atoms with Crippen molar-refractivity contribution in [1.82, 2.24) is 4.90 Å². The molecule has 0 radical (unpaired) electrons. The third-order valence-corrected chi connectivity index (χ3v) is 6.98. The molecular weight excluding hydrogens is 450 g/mol. The van der Waals surface area contributed by atoms with E-state index in [1.807, 2.05) is 12.1 Å². The summed E-state index contributed by atoms with van der Waals surface area (Å²) in [4.78, 5) is 25.6. The van der Waals surface area contributed by atoms with Gasteiger partial charge in [-0.25, -0.2) is 9.18 Å². The van der Waals surface area contributed by atoms with Gasteiger partial charge in [0.05, 0.1) is 17.2 Å². The molecule has 9 heteroatoms. The number of nitriles is 1. The van der Waals surface area contributed by atoms with Crippen molar-refractivity contribution in [3.05, 3.63) is 65.0 Å². The fourth-order valence-electron chi connectivity index (χ4n) is 5.24. The lowest BCUT2D eigenvalue weighted by Gasteiger charge is -2.30. The second-order valence-corrected chi connectivity index (χ2v) is 8.89. The zero-order chi connectivity index (χ0) is 24.5. The van der Waals surface area contributed by atoms with Crippen LogP contribution in [-0.2, 0) is 16.4 Å². The molecule has 2 aliphatic rings. The van der Waals surface area contributed by atoms with E-state index in [9.17, 15) is 27.2 Å². The van der Waals surface area contributed by atoms with Gasteiger partial charge in [-0.1, -0.05) is 12.1 Å². The predicted molar refractivity (Wildman–Crippen MR) is 116 cm³/mol. The van der Waals surface area contributed by atoms with Crippen molar-refractivity contribution >= 4 is 18.0 Å². The number of unbranched alkanes of at least 4 members (excludes halogenated alkanes) is 1. The molecule has 0 spiro atoms. The maximum Gasteiger partial charge on any atom is 0.419 e. The lowest BCUT2D eigenvalue weighted by Crippen LogP contribution is -2.44. The van der Waals surface area contributed by atoms with E-state index in [4.69, 9.17) is 5.26 Å². The smallest absolute Gasteiger partial charge is 0.321 e. The number of nitrogens with zero attached hydrogens (tertiary/aromatic N) is 2. The Hall–Kier alpha value is -3.41. The van der Waals surface area contributed by atoms with Crippen LogP contribution in [0.2, 0.25) is 0 Å². The summed E-state index contributed by atoms with van der Waals surface area (Å²) < 4.78 is 52.8. The zero-order valence-corrected chi connectivity index (χ0v) is 18.2. The standard InChI is InChI=1S/C25H23F4N3O2/c26-21-8-7-18(13-19(21)25(27,28)29)31-23(34)32(11-1-2-12-33)22-9-10-24(14-20(22)24)17-5-3-16(15-30)4-6-17/h3-8,12-13,20,22H,1-2,9-11,14H2,(H,31,34). The molecule has 0 aromatic heterocycles. The van der Waals surface area contributed by atoms with Gasteiger partial charge in [-0.15, -0.1) is 0 Å². The molecule has 2 fully saturated rings. The number of anilines is 1. The highest BCUT2D eigenvalue weighted by Gasteiger charge is 2.63. The van der Waals surface area contributed by atoms with Crippen LogP contribution in [0.4, 0.5) is 28.0 Å². The Morgan fingerprint density at radius 3 is 2.59 bits per heavy atom. The van der Waals surface area contributed by atoms with Gasteiger partial charge in [0.15, 0.2) is 0 Å². The number of carbonyl (C=O) groups is 2. The van der Waals surface area contributed by atoms with Gasteiger partial charge in [0.1, 0.15) is 12.1 Å². The van der Waals surface area contributed by atoms with Gasteiger partial charge < -0.3 is 15.0 Å². The summed E-state index contributed by atoms with van der Waals surface area (Å²) in [7, 11) is 0. The van der Waals surface area contributed by atoms with Crippen LogP contribution in [0.5, 0.6) is 0 Å². The Kier molecular flexibility index (Phi) is 6.34. The number of amides is 2. The van der Waals surface area contributed by atoms with Crippen molar-refractivity contribution in [3.63, 3.8) is 0 Å². The molecule has 3 atom stereocenters. The van der Waals surface area contributed by atoms with Crippen molar-refractivity contribution in [1.29, 1.82) is 5.26 Å². The van der Waals surface area contributed by atoms with E-state index in [2.05, 4.69) is 11.4 Å². The van der Waals surface area contributed by atoms with Crippen LogP contribution < -0.4 is 5.32 Å². The second kappa shape index (κ2) is 9.09. The first-order valence-corrected chi connectivity index (χ1v) is 11.1. The van der Waals surface area contributed by atoms with Crippen LogP contribution in [0.3, 0.4) is 0 Å². The first-order chi connectivity index (χ1) is 16.2. The molecule has 2 aromatic rings. The number of fused-ring (bicyclic) bond motifs is 1. The SMILES string of the molecule is N#Cc1ccc(C23CCC(N(CCCC=O)C(=O)Nc4ccc(F)c(C(F)(F)F)c4)C2C3)cc1. The zero-order valence-electron chi connectivity index (χ0n) is 18.2. The number of hydrogen-bond acceptors (Lipinski definition) is 3. The molecule has 0 aliphatic heterocycles. The number of hydrogen-bond donors (Lipinski definition) is 1. The molecule has 2 aliphatic carbocycles. The van der Waals surface area contributed by atoms with Gasteiger partial charge in [0.2, 0.25) is 0 Å². The first-order valence-electron chi connectivity index (χ1n) is 11.1. The second-order valence-electron chi connectivity index (χ2n) is 8.89. The summed E-state index contributed by atoms with van der Waals surface area (Å²) in [5.74, 6) is -1.23. The maximum atomic E-state index is 13.6. The third kappa shape index (κ3) is 4.49. The van der Waals surface area contributed by atoms with E-state index >= 15 is 0 Å². The van der Waals surface area contributed by atoms with E-state index in [1.54, 1.807) is 17.0 Å². The average Bonchev–Trinajstić information content (AvgIpc) is 3.43. The average molecular weight is 473 g/mol. The molecule has 0 heterocycles. The molecule has 3 unspecified atom stereocenters. The number of rotatable bonds is 7. The molecule has 0 bridgehead atoms. The van der Waals surface area contributed by atoms with Crippen molar-refractivity contribution in [2.24, 2.45) is 5.92 Å². The number of alkyl halides is 3. The van der Waals surface area contributed by atoms with Crippen LogP contribution in [0, 0.1) is 23.1 Å². The highest BCUT2D eigenvalue weighted by Crippen LogP contribution is 2.65. The van der Waals surface area contributed by atoms with Crippen LogP contribution in [0.15, 0.2) is 42.5 Å². The molecule has 1 N–H and O–H groups in total. The molecule has 2 aromatic carbocycles. The van der Waals surface area contributed by atoms with E-state index in [0.29, 0.717) is 24.1 Å². The summed E-state index contributed by atoms with van der Waals surface area (Å²) in [6.07, 6.45) is -0.988. The fourth-order valence-corrected chi connectivity index (χ4v) is 5.24. The summed E-state index contributed by atoms with van der Waals surface area (Å²) in [5, 5.41) is 11.5. The number of nitrogens with one attached hydrogen (secondary N) is 1. The number of benzene rings is 2. The largest absolute Gasteiger partial charge is 0.419 e. The van der Waals surface area contributed by atoms with E-state index in [0.717, 1.165) is 37.2 Å². The highest BCUT2D eigenvalue weighted by molar-refractivity contribution is 5.89. The van der Waals surface area contributed by atoms with Gasteiger partial charge in [-0.3, -0.25) is 0 Å². The van der Waals surface area contributed by atoms with Crippen LogP contribution in [0.1, 0.15) is 48.8 Å². The van der Waals surface area contributed by atoms with E-state index in [1.165, 1.54) is 0 Å². The molecule has 2 saturated carbocycles. The minimum atomic E-state index is -4.88. The van der Waals surface area contributed by atoms with Gasteiger partial charge >= 0.3 is 12.2 Å². The Morgan fingerprint density at radius 2 is 1.97 bits per heavy atom. The monoisotopic (exact) mass is 473 g/mol. The van der Waals surface area contributed by atoms with Gasteiger partial charge in [0, 0.05) is 30.1 Å². The minimum absolute atomic E-state index is 0.0822. The predicted octanol–water partition coefficient (Wildman–Crippen LogP) is 5.65. The first kappa shape index (κ1) is 23.7. The maximum absolute atomic E-state index is 13.6. The lowest BCUT2D eigenvalue weighted by atomic mass is 9.93. The molecular formula is C25H23F4N3O2. The van der Waals surface area contributed by atoms with E-state index < -0.39 is 23.6 Å². The normalized spacial score (nSPS) is 23.0. The van der Waals surface area contributed by atoms with Crippen molar-refractivity contribution < 1.29 is 27.2 Å². The van der Waals surface area contributed by atoms with Crippen LogP contribution >= 0.6 is 0 Å². The van der Waals surface area contributed by atoms with Gasteiger partial charge in [-0.2, -0.15) is 18.4 Å². The molecule has 0 saturated heterocycles. The number of urea groups is 1. The Balaban J connectivity index is 1.53. The Bertz CT molecular complexity index is 1130. The summed E-state index contributed by atoms with van der Waals surface area (Å²) in [6.45, 7) is 0.280. The number of carbonyl (C=O) groups excluding carboxylic acids is 2. The topological polar surface area (TPSA) is 73.2 Å². The Morgan fingerprint density at radius 1 is 1.24 bits per heavy atom. The molecule has 2 amide bonds. The van der Waals surface area contributed by atoms with Crippen molar-refractivity contribution in [2.45, 2.75) is 49.7 Å². The van der Waals surface area contributed by atoms with Crippen LogP contribution in [-0.4, -0.2) is 29.8 Å². The summed E-state index contributed by atoms with van der Waals surface area (Å²) >= 11 is 0. The molecule has 4 rings (SSSR count).